The molecule has 1 N–H and O–H groups in total. The maximum absolute atomic E-state index is 12.2. The van der Waals surface area contributed by atoms with Gasteiger partial charge in [-0.05, 0) is 48.2 Å². The molecule has 24 heavy (non-hydrogen) atoms. The maximum Gasteiger partial charge on any atom is 0.262 e. The van der Waals surface area contributed by atoms with Crippen LogP contribution in [-0.2, 0) is 10.2 Å². The summed E-state index contributed by atoms with van der Waals surface area (Å²) in [6, 6.07) is 15.1. The van der Waals surface area contributed by atoms with E-state index < -0.39 is 0 Å². The number of ether oxygens (including phenoxy) is 2. The summed E-state index contributed by atoms with van der Waals surface area (Å²) in [6.07, 6.45) is 0. The second-order valence-electron chi connectivity index (χ2n) is 6.54. The Morgan fingerprint density at radius 3 is 2.12 bits per heavy atom. The SMILES string of the molecule is CCOc1ccc(OCC(=O)Nc2ccccc2C(C)(C)C)cc1. The van der Waals surface area contributed by atoms with Crippen LogP contribution < -0.4 is 14.8 Å². The number of hydrogen-bond donors (Lipinski definition) is 1. The van der Waals surface area contributed by atoms with Gasteiger partial charge in [0.1, 0.15) is 11.5 Å². The van der Waals surface area contributed by atoms with Crippen LogP contribution in [-0.4, -0.2) is 19.1 Å². The van der Waals surface area contributed by atoms with E-state index in [-0.39, 0.29) is 17.9 Å². The van der Waals surface area contributed by atoms with Gasteiger partial charge in [-0.3, -0.25) is 4.79 Å². The Labute approximate surface area is 143 Å². The number of anilines is 1. The smallest absolute Gasteiger partial charge is 0.262 e. The van der Waals surface area contributed by atoms with Crippen molar-refractivity contribution >= 4 is 11.6 Å². The van der Waals surface area contributed by atoms with Crippen LogP contribution >= 0.6 is 0 Å². The van der Waals surface area contributed by atoms with E-state index in [1.54, 1.807) is 12.1 Å². The lowest BCUT2D eigenvalue weighted by Crippen LogP contribution is -2.23. The topological polar surface area (TPSA) is 47.6 Å². The van der Waals surface area contributed by atoms with Crippen molar-refractivity contribution in [2.24, 2.45) is 0 Å². The van der Waals surface area contributed by atoms with Gasteiger partial charge in [0, 0.05) is 5.69 Å². The number of carbonyl (C=O) groups excluding carboxylic acids is 1. The van der Waals surface area contributed by atoms with E-state index in [2.05, 4.69) is 26.1 Å². The molecule has 0 aromatic heterocycles. The average molecular weight is 327 g/mol. The van der Waals surface area contributed by atoms with Gasteiger partial charge in [0.05, 0.1) is 6.61 Å². The molecule has 0 aliphatic heterocycles. The van der Waals surface area contributed by atoms with Gasteiger partial charge in [-0.15, -0.1) is 0 Å². The average Bonchev–Trinajstić information content (AvgIpc) is 2.54. The molecule has 0 radical (unpaired) electrons. The van der Waals surface area contributed by atoms with E-state index in [4.69, 9.17) is 9.47 Å². The quantitative estimate of drug-likeness (QED) is 0.855. The van der Waals surface area contributed by atoms with Gasteiger partial charge in [0.2, 0.25) is 0 Å². The van der Waals surface area contributed by atoms with Gasteiger partial charge in [0.15, 0.2) is 6.61 Å². The van der Waals surface area contributed by atoms with E-state index in [1.165, 1.54) is 0 Å². The molecule has 0 aliphatic carbocycles. The molecule has 0 saturated heterocycles. The highest BCUT2D eigenvalue weighted by Gasteiger charge is 2.18. The van der Waals surface area contributed by atoms with Crippen LogP contribution in [0.25, 0.3) is 0 Å². The van der Waals surface area contributed by atoms with Crippen molar-refractivity contribution < 1.29 is 14.3 Å². The monoisotopic (exact) mass is 327 g/mol. The Balaban J connectivity index is 1.94. The van der Waals surface area contributed by atoms with Gasteiger partial charge < -0.3 is 14.8 Å². The van der Waals surface area contributed by atoms with Gasteiger partial charge in [-0.1, -0.05) is 39.0 Å². The summed E-state index contributed by atoms with van der Waals surface area (Å²) in [7, 11) is 0. The van der Waals surface area contributed by atoms with Crippen molar-refractivity contribution in [1.29, 1.82) is 0 Å². The van der Waals surface area contributed by atoms with Crippen LogP contribution in [0, 0.1) is 0 Å². The van der Waals surface area contributed by atoms with Gasteiger partial charge >= 0.3 is 0 Å². The Morgan fingerprint density at radius 2 is 1.54 bits per heavy atom. The minimum atomic E-state index is -0.180. The molecule has 0 heterocycles. The summed E-state index contributed by atoms with van der Waals surface area (Å²) < 4.78 is 10.9. The van der Waals surface area contributed by atoms with Crippen molar-refractivity contribution in [2.45, 2.75) is 33.1 Å². The van der Waals surface area contributed by atoms with E-state index in [0.717, 1.165) is 17.0 Å². The highest BCUT2D eigenvalue weighted by atomic mass is 16.5. The van der Waals surface area contributed by atoms with Gasteiger partial charge in [-0.2, -0.15) is 0 Å². The zero-order valence-corrected chi connectivity index (χ0v) is 14.8. The zero-order chi connectivity index (χ0) is 17.6. The van der Waals surface area contributed by atoms with Crippen LogP contribution in [0.5, 0.6) is 11.5 Å². The Bertz CT molecular complexity index is 672. The molecule has 0 aliphatic rings. The normalized spacial score (nSPS) is 11.0. The molecular formula is C20H25NO3. The summed E-state index contributed by atoms with van der Waals surface area (Å²) in [6.45, 7) is 8.88. The number of rotatable bonds is 6. The van der Waals surface area contributed by atoms with E-state index in [1.807, 2.05) is 43.3 Å². The minimum Gasteiger partial charge on any atom is -0.494 e. The largest absolute Gasteiger partial charge is 0.494 e. The van der Waals surface area contributed by atoms with Crippen molar-refractivity contribution in [2.75, 3.05) is 18.5 Å². The molecule has 4 heteroatoms. The number of hydrogen-bond acceptors (Lipinski definition) is 3. The van der Waals surface area contributed by atoms with Crippen molar-refractivity contribution in [3.63, 3.8) is 0 Å². The molecule has 2 aromatic carbocycles. The van der Waals surface area contributed by atoms with Crippen molar-refractivity contribution in [1.82, 2.24) is 0 Å². The standard InChI is InChI=1S/C20H25NO3/c1-5-23-15-10-12-16(13-11-15)24-14-19(22)21-18-9-7-6-8-17(18)20(2,3)4/h6-13H,5,14H2,1-4H3,(H,21,22). The Hall–Kier alpha value is -2.49. The predicted molar refractivity (Wildman–Crippen MR) is 96.9 cm³/mol. The molecule has 0 atom stereocenters. The fourth-order valence-corrected chi connectivity index (χ4v) is 2.38. The third kappa shape index (κ3) is 5.01. The van der Waals surface area contributed by atoms with E-state index in [9.17, 15) is 4.79 Å². The fourth-order valence-electron chi connectivity index (χ4n) is 2.38. The van der Waals surface area contributed by atoms with Crippen LogP contribution in [0.15, 0.2) is 48.5 Å². The van der Waals surface area contributed by atoms with E-state index >= 15 is 0 Å². The Morgan fingerprint density at radius 1 is 0.958 bits per heavy atom. The number of nitrogens with one attached hydrogen (secondary N) is 1. The highest BCUT2D eigenvalue weighted by Crippen LogP contribution is 2.29. The molecule has 2 aromatic rings. The third-order valence-electron chi connectivity index (χ3n) is 3.51. The number of benzene rings is 2. The number of para-hydroxylation sites is 1. The Kier molecular flexibility index (Phi) is 5.85. The minimum absolute atomic E-state index is 0.0353. The lowest BCUT2D eigenvalue weighted by atomic mass is 9.86. The molecule has 0 fully saturated rings. The summed E-state index contributed by atoms with van der Waals surface area (Å²) in [5.41, 5.74) is 1.88. The van der Waals surface area contributed by atoms with Crippen LogP contribution in [0.3, 0.4) is 0 Å². The molecule has 1 amide bonds. The first kappa shape index (κ1) is 17.9. The number of amides is 1. The maximum atomic E-state index is 12.2. The fraction of sp³-hybridized carbons (Fsp3) is 0.350. The third-order valence-corrected chi connectivity index (χ3v) is 3.51. The summed E-state index contributed by atoms with van der Waals surface area (Å²) in [5, 5.41) is 2.93. The highest BCUT2D eigenvalue weighted by molar-refractivity contribution is 5.92. The second-order valence-corrected chi connectivity index (χ2v) is 6.54. The van der Waals surface area contributed by atoms with Crippen LogP contribution in [0.4, 0.5) is 5.69 Å². The molecule has 2 rings (SSSR count). The van der Waals surface area contributed by atoms with Crippen molar-refractivity contribution in [3.05, 3.63) is 54.1 Å². The summed E-state index contributed by atoms with van der Waals surface area (Å²) in [4.78, 5) is 12.2. The summed E-state index contributed by atoms with van der Waals surface area (Å²) in [5.74, 6) is 1.24. The van der Waals surface area contributed by atoms with Gasteiger partial charge in [0.25, 0.3) is 5.91 Å². The molecule has 0 spiro atoms. The lowest BCUT2D eigenvalue weighted by molar-refractivity contribution is -0.118. The molecule has 0 unspecified atom stereocenters. The van der Waals surface area contributed by atoms with Crippen LogP contribution in [0.1, 0.15) is 33.3 Å². The molecule has 0 saturated carbocycles. The lowest BCUT2D eigenvalue weighted by Gasteiger charge is -2.23. The molecule has 128 valence electrons. The first-order chi connectivity index (χ1) is 11.4. The van der Waals surface area contributed by atoms with Gasteiger partial charge in [-0.25, -0.2) is 0 Å². The molecule has 0 bridgehead atoms. The predicted octanol–water partition coefficient (Wildman–Crippen LogP) is 4.40. The second kappa shape index (κ2) is 7.86. The van der Waals surface area contributed by atoms with Crippen molar-refractivity contribution in [3.8, 4) is 11.5 Å². The molecular weight excluding hydrogens is 302 g/mol. The van der Waals surface area contributed by atoms with Crippen LogP contribution in [0.2, 0.25) is 0 Å². The summed E-state index contributed by atoms with van der Waals surface area (Å²) >= 11 is 0. The number of carbonyl (C=O) groups is 1. The first-order valence-electron chi connectivity index (χ1n) is 8.15. The zero-order valence-electron chi connectivity index (χ0n) is 14.8. The van der Waals surface area contributed by atoms with E-state index in [0.29, 0.717) is 12.4 Å². The molecule has 4 nitrogen and oxygen atoms in total. The first-order valence-corrected chi connectivity index (χ1v) is 8.15.